The molecular weight excluding hydrogens is 693 g/mol. The Morgan fingerprint density at radius 3 is 2.37 bits per heavy atom. The van der Waals surface area contributed by atoms with Crippen molar-refractivity contribution in [3.05, 3.63) is 65.1 Å². The van der Waals surface area contributed by atoms with Crippen LogP contribution in [-0.2, 0) is 9.59 Å². The smallest absolute Gasteiger partial charge is 0.269 e. The molecule has 3 aromatic rings. The molecule has 1 unspecified atom stereocenters. The van der Waals surface area contributed by atoms with Crippen molar-refractivity contribution in [1.29, 1.82) is 5.26 Å². The first-order valence-corrected chi connectivity index (χ1v) is 18.7. The summed E-state index contributed by atoms with van der Waals surface area (Å²) in [6.07, 6.45) is 5.74. The van der Waals surface area contributed by atoms with Crippen molar-refractivity contribution in [1.82, 2.24) is 20.4 Å². The van der Waals surface area contributed by atoms with Crippen LogP contribution < -0.4 is 35.6 Å². The van der Waals surface area contributed by atoms with E-state index in [1.165, 1.54) is 13.2 Å². The number of amides is 3. The summed E-state index contributed by atoms with van der Waals surface area (Å²) in [7, 11) is 1.53. The molecule has 3 aliphatic heterocycles. The van der Waals surface area contributed by atoms with Crippen molar-refractivity contribution in [3.8, 4) is 17.6 Å². The fraction of sp³-hybridized carbons (Fsp3) is 0.487. The molecule has 15 heteroatoms. The van der Waals surface area contributed by atoms with Crippen LogP contribution in [-0.4, -0.2) is 97.4 Å². The molecule has 4 fully saturated rings. The third-order valence-corrected chi connectivity index (χ3v) is 11.2. The summed E-state index contributed by atoms with van der Waals surface area (Å²) in [6, 6.07) is 14.1. The Hall–Kier alpha value is -5.49. The third kappa shape index (κ3) is 8.18. The van der Waals surface area contributed by atoms with Crippen LogP contribution in [0.25, 0.3) is 0 Å². The van der Waals surface area contributed by atoms with Crippen LogP contribution in [0, 0.1) is 17.1 Å². The lowest BCUT2D eigenvalue weighted by atomic mass is 9.82. The van der Waals surface area contributed by atoms with Gasteiger partial charge in [0.2, 0.25) is 11.8 Å². The SMILES string of the molecule is COc1cc(OC2CCC(c3cc(N4CCC(N5CCN(c6ccc(NC7CCC(=O)NC7=O)cc6F)CC5)CC4)nnc3C(N)=O)CC2)ccc1C#N. The highest BCUT2D eigenvalue weighted by Gasteiger charge is 2.32. The summed E-state index contributed by atoms with van der Waals surface area (Å²) in [4.78, 5) is 42.8. The highest BCUT2D eigenvalue weighted by Crippen LogP contribution is 2.38. The second-order valence-electron chi connectivity index (χ2n) is 14.5. The number of aromatic nitrogens is 2. The fourth-order valence-corrected chi connectivity index (χ4v) is 8.25. The number of primary amides is 1. The molecule has 7 rings (SSSR count). The zero-order valence-corrected chi connectivity index (χ0v) is 30.4. The van der Waals surface area contributed by atoms with Gasteiger partial charge in [0.25, 0.3) is 5.91 Å². The maximum Gasteiger partial charge on any atom is 0.269 e. The lowest BCUT2D eigenvalue weighted by molar-refractivity contribution is -0.133. The summed E-state index contributed by atoms with van der Waals surface area (Å²) in [5.74, 6) is 0.405. The van der Waals surface area contributed by atoms with Crippen LogP contribution in [0.4, 0.5) is 21.6 Å². The number of halogens is 1. The Labute approximate surface area is 313 Å². The second-order valence-corrected chi connectivity index (χ2v) is 14.5. The van der Waals surface area contributed by atoms with Gasteiger partial charge in [-0.2, -0.15) is 5.26 Å². The molecule has 0 spiro atoms. The van der Waals surface area contributed by atoms with Crippen LogP contribution in [0.2, 0.25) is 0 Å². The highest BCUT2D eigenvalue weighted by atomic mass is 19.1. The predicted octanol–water partition coefficient (Wildman–Crippen LogP) is 3.71. The molecule has 1 saturated carbocycles. The number of carbonyl (C=O) groups is 3. The Bertz CT molecular complexity index is 1910. The van der Waals surface area contributed by atoms with Gasteiger partial charge in [0.1, 0.15) is 29.4 Å². The zero-order chi connectivity index (χ0) is 37.8. The number of nitrogens with one attached hydrogen (secondary N) is 2. The van der Waals surface area contributed by atoms with E-state index in [2.05, 4.69) is 41.6 Å². The Kier molecular flexibility index (Phi) is 11.1. The van der Waals surface area contributed by atoms with Gasteiger partial charge in [0.15, 0.2) is 11.5 Å². The number of ether oxygens (including phenoxy) is 2. The zero-order valence-electron chi connectivity index (χ0n) is 30.4. The van der Waals surface area contributed by atoms with Crippen molar-refractivity contribution < 1.29 is 28.2 Å². The first-order valence-electron chi connectivity index (χ1n) is 18.7. The van der Waals surface area contributed by atoms with E-state index in [0.29, 0.717) is 54.0 Å². The van der Waals surface area contributed by atoms with Crippen molar-refractivity contribution in [2.45, 2.75) is 75.5 Å². The first-order chi connectivity index (χ1) is 26.2. The van der Waals surface area contributed by atoms with Crippen molar-refractivity contribution in [2.75, 3.05) is 61.5 Å². The van der Waals surface area contributed by atoms with E-state index in [-0.39, 0.29) is 41.8 Å². The summed E-state index contributed by atoms with van der Waals surface area (Å²) in [6.45, 7) is 4.66. The van der Waals surface area contributed by atoms with E-state index in [4.69, 9.17) is 15.2 Å². The monoisotopic (exact) mass is 739 g/mol. The molecule has 284 valence electrons. The van der Waals surface area contributed by atoms with Crippen LogP contribution in [0.1, 0.15) is 78.9 Å². The standard InChI is InChI=1S/C39H46FN9O5/c1-53-34-21-29(8-4-25(34)23-41)54-28-6-2-24(3-7-28)30-22-35(45-46-37(30)38(42)51)49-14-12-27(13-15-49)47-16-18-48(19-17-47)33-10-5-26(20-31(33)40)43-32-9-11-36(50)44-39(32)52/h4-5,8,10,20-22,24,27-28,32,43H,2-3,6-7,9,11-19H2,1H3,(H2,42,51)(H,44,50,52). The minimum atomic E-state index is -0.579. The molecule has 1 atom stereocenters. The van der Waals surface area contributed by atoms with Gasteiger partial charge in [-0.15, -0.1) is 10.2 Å². The molecule has 0 bridgehead atoms. The van der Waals surface area contributed by atoms with Gasteiger partial charge in [0, 0.05) is 63.5 Å². The first kappa shape index (κ1) is 36.9. The van der Waals surface area contributed by atoms with Crippen molar-refractivity contribution in [2.24, 2.45) is 5.73 Å². The maximum atomic E-state index is 15.3. The number of piperazine rings is 1. The summed E-state index contributed by atoms with van der Waals surface area (Å²) < 4.78 is 26.8. The van der Waals surface area contributed by atoms with E-state index >= 15 is 4.39 Å². The van der Waals surface area contributed by atoms with E-state index in [1.807, 2.05) is 6.07 Å². The minimum Gasteiger partial charge on any atom is -0.495 e. The van der Waals surface area contributed by atoms with Gasteiger partial charge in [-0.3, -0.25) is 24.6 Å². The number of piperidine rings is 2. The van der Waals surface area contributed by atoms with Gasteiger partial charge in [-0.05, 0) is 92.8 Å². The molecule has 1 aliphatic carbocycles. The highest BCUT2D eigenvalue weighted by molar-refractivity contribution is 6.01. The lowest BCUT2D eigenvalue weighted by Crippen LogP contribution is -2.53. The van der Waals surface area contributed by atoms with Gasteiger partial charge >= 0.3 is 0 Å². The van der Waals surface area contributed by atoms with Gasteiger partial charge < -0.3 is 30.3 Å². The molecule has 4 heterocycles. The quantitative estimate of drug-likeness (QED) is 0.257. The second kappa shape index (κ2) is 16.3. The third-order valence-electron chi connectivity index (χ3n) is 11.2. The molecule has 0 radical (unpaired) electrons. The fourth-order valence-electron chi connectivity index (χ4n) is 8.25. The topological polar surface area (TPSA) is 179 Å². The molecule has 4 aliphatic rings. The number of benzene rings is 2. The lowest BCUT2D eigenvalue weighted by Gasteiger charge is -2.43. The molecule has 3 saturated heterocycles. The average molecular weight is 740 g/mol. The number of anilines is 3. The Balaban J connectivity index is 0.905. The molecule has 3 amide bonds. The molecular formula is C39H46FN9O5. The van der Waals surface area contributed by atoms with Gasteiger partial charge in [0.05, 0.1) is 24.5 Å². The number of hydrogen-bond acceptors (Lipinski definition) is 12. The number of nitrogens with two attached hydrogens (primary N) is 1. The molecule has 54 heavy (non-hydrogen) atoms. The van der Waals surface area contributed by atoms with Crippen LogP contribution >= 0.6 is 0 Å². The Morgan fingerprint density at radius 2 is 1.70 bits per heavy atom. The number of methoxy groups -OCH3 is 1. The maximum absolute atomic E-state index is 15.3. The van der Waals surface area contributed by atoms with E-state index in [9.17, 15) is 19.6 Å². The van der Waals surface area contributed by atoms with E-state index < -0.39 is 11.9 Å². The van der Waals surface area contributed by atoms with Gasteiger partial charge in [-0.25, -0.2) is 4.39 Å². The average Bonchev–Trinajstić information content (AvgIpc) is 3.19. The normalized spacial score (nSPS) is 22.6. The summed E-state index contributed by atoms with van der Waals surface area (Å²) in [5, 5.41) is 23.4. The largest absolute Gasteiger partial charge is 0.495 e. The number of hydrogen-bond donors (Lipinski definition) is 3. The van der Waals surface area contributed by atoms with Crippen LogP contribution in [0.3, 0.4) is 0 Å². The number of nitriles is 1. The predicted molar refractivity (Wildman–Crippen MR) is 199 cm³/mol. The summed E-state index contributed by atoms with van der Waals surface area (Å²) in [5.41, 5.74) is 8.34. The number of carbonyl (C=O) groups excluding carboxylic acids is 3. The molecule has 1 aromatic heterocycles. The van der Waals surface area contributed by atoms with Crippen LogP contribution in [0.15, 0.2) is 42.5 Å². The van der Waals surface area contributed by atoms with E-state index in [1.54, 1.807) is 30.3 Å². The molecule has 2 aromatic carbocycles. The van der Waals surface area contributed by atoms with Crippen molar-refractivity contribution in [3.63, 3.8) is 0 Å². The molecule has 4 N–H and O–H groups in total. The number of rotatable bonds is 10. The van der Waals surface area contributed by atoms with E-state index in [0.717, 1.165) is 76.1 Å². The van der Waals surface area contributed by atoms with Crippen molar-refractivity contribution >= 4 is 34.9 Å². The number of nitrogens with zero attached hydrogens (tertiary/aromatic N) is 6. The summed E-state index contributed by atoms with van der Waals surface area (Å²) >= 11 is 0. The van der Waals surface area contributed by atoms with Gasteiger partial charge in [-0.1, -0.05) is 0 Å². The minimum absolute atomic E-state index is 0.000166. The number of imide groups is 1. The molecule has 14 nitrogen and oxygen atoms in total. The Morgan fingerprint density at radius 1 is 0.944 bits per heavy atom. The van der Waals surface area contributed by atoms with Crippen LogP contribution in [0.5, 0.6) is 11.5 Å².